The van der Waals surface area contributed by atoms with E-state index in [1.807, 2.05) is 19.1 Å². The number of urea groups is 1. The summed E-state index contributed by atoms with van der Waals surface area (Å²) in [7, 11) is 13.1. The van der Waals surface area contributed by atoms with Gasteiger partial charge in [-0.3, -0.25) is 5.32 Å². The molecule has 3 aromatic heterocycles. The highest BCUT2D eigenvalue weighted by Crippen LogP contribution is 2.32. The van der Waals surface area contributed by atoms with Crippen molar-refractivity contribution in [2.24, 2.45) is 0 Å². The Bertz CT molecular complexity index is 1240. The second-order valence-corrected chi connectivity index (χ2v) is 12.9. The fourth-order valence-corrected chi connectivity index (χ4v) is 5.74. The third-order valence-corrected chi connectivity index (χ3v) is 7.36. The number of nitrogens with one attached hydrogen (secondary N) is 2. The molecule has 0 radical (unpaired) electrons. The Morgan fingerprint density at radius 3 is 2.53 bits per heavy atom. The Labute approximate surface area is 220 Å². The van der Waals surface area contributed by atoms with Crippen LogP contribution in [0.15, 0.2) is 24.4 Å². The molecular weight excluding hydrogens is 470 g/mol. The van der Waals surface area contributed by atoms with E-state index in [4.69, 9.17) is 0 Å². The molecule has 2 amide bonds. The molecule has 36 heavy (non-hydrogen) atoms. The summed E-state index contributed by atoms with van der Waals surface area (Å²) in [5, 5.41) is 17.0. The predicted molar refractivity (Wildman–Crippen MR) is 161 cm³/mol. The fourth-order valence-electron chi connectivity index (χ4n) is 5.08. The molecule has 0 unspecified atom stereocenters. The second kappa shape index (κ2) is 10.2. The molecule has 0 spiro atoms. The lowest BCUT2D eigenvalue weighted by Gasteiger charge is -2.46. The predicted octanol–water partition coefficient (Wildman–Crippen LogP) is -2.69. The Balaban J connectivity index is 1.41. The molecule has 4 rings (SSSR count). The van der Waals surface area contributed by atoms with Crippen molar-refractivity contribution in [3.05, 3.63) is 29.4 Å². The third kappa shape index (κ3) is 6.14. The SMILES string of the molecule is BC(B)(B)C(N[C@H]1CCN(C(=O)Nc2cc3nc(-c4nnc(C)s4)ccc3cn2)C[C@@H]1F)C(B)(B)B. The molecule has 1 aliphatic rings. The van der Waals surface area contributed by atoms with Gasteiger partial charge >= 0.3 is 6.03 Å². The van der Waals surface area contributed by atoms with Crippen LogP contribution in [0.25, 0.3) is 21.6 Å². The van der Waals surface area contributed by atoms with Crippen LogP contribution in [0.5, 0.6) is 0 Å². The Morgan fingerprint density at radius 2 is 1.92 bits per heavy atom. The van der Waals surface area contributed by atoms with Crippen molar-refractivity contribution >= 4 is 81.2 Å². The highest BCUT2D eigenvalue weighted by molar-refractivity contribution is 7.14. The van der Waals surface area contributed by atoms with Crippen molar-refractivity contribution < 1.29 is 9.18 Å². The maximum Gasteiger partial charge on any atom is 0.323 e. The third-order valence-electron chi connectivity index (χ3n) is 6.50. The molecule has 0 aliphatic carbocycles. The fraction of sp³-hybridized carbons (Fsp3) is 0.450. The lowest BCUT2D eigenvalue weighted by atomic mass is 9.27. The standard InChI is InChI=1S/C20H30B6FN7OS/c1-9-32-33-16(36-9)13-3-2-10-7-28-15(6-14(10)29-13)31-18(35)34-5-4-12(11(27)8-34)30-17(19(21,22)23)20(24,25)26/h2-3,6-7,11-12,17,30H,4-5,8,21-26H2,1H3,(H,28,31,35)/t11-,12-/m0/s1. The van der Waals surface area contributed by atoms with Crippen LogP contribution < -0.4 is 10.6 Å². The van der Waals surface area contributed by atoms with Crippen molar-refractivity contribution in [3.8, 4) is 10.7 Å². The highest BCUT2D eigenvalue weighted by Gasteiger charge is 2.39. The lowest BCUT2D eigenvalue weighted by molar-refractivity contribution is 0.116. The van der Waals surface area contributed by atoms with Gasteiger partial charge in [0.1, 0.15) is 22.7 Å². The van der Waals surface area contributed by atoms with Gasteiger partial charge in [0.05, 0.1) is 59.1 Å². The Morgan fingerprint density at radius 1 is 1.19 bits per heavy atom. The van der Waals surface area contributed by atoms with Gasteiger partial charge in [0.2, 0.25) is 0 Å². The maximum absolute atomic E-state index is 15.2. The van der Waals surface area contributed by atoms with Crippen molar-refractivity contribution in [2.45, 2.75) is 41.8 Å². The minimum atomic E-state index is -1.15. The van der Waals surface area contributed by atoms with Crippen LogP contribution in [-0.4, -0.2) is 110 Å². The van der Waals surface area contributed by atoms with Crippen LogP contribution in [0.3, 0.4) is 0 Å². The van der Waals surface area contributed by atoms with Gasteiger partial charge in [0.15, 0.2) is 5.01 Å². The number of piperidine rings is 1. The first-order valence-electron chi connectivity index (χ1n) is 12.3. The summed E-state index contributed by atoms with van der Waals surface area (Å²) in [4.78, 5) is 23.5. The molecule has 0 saturated carbocycles. The molecule has 182 valence electrons. The number of amides is 2. The number of pyridine rings is 2. The molecule has 2 N–H and O–H groups in total. The summed E-state index contributed by atoms with van der Waals surface area (Å²) in [6.07, 6.45) is 1.07. The van der Waals surface area contributed by atoms with Gasteiger partial charge in [-0.1, -0.05) is 21.6 Å². The number of carbonyl (C=O) groups excluding carboxylic acids is 1. The van der Waals surface area contributed by atoms with E-state index in [2.05, 4.69) is 77.9 Å². The van der Waals surface area contributed by atoms with E-state index in [1.54, 1.807) is 12.3 Å². The molecular formula is C20H30B6FN7OS. The van der Waals surface area contributed by atoms with Gasteiger partial charge in [0.25, 0.3) is 0 Å². The van der Waals surface area contributed by atoms with Crippen molar-refractivity contribution in [1.29, 1.82) is 0 Å². The molecule has 8 nitrogen and oxygen atoms in total. The summed E-state index contributed by atoms with van der Waals surface area (Å²) in [5.41, 5.74) is 1.41. The number of carbonyl (C=O) groups is 1. The second-order valence-electron chi connectivity index (χ2n) is 11.7. The molecule has 1 saturated heterocycles. The molecule has 1 aliphatic heterocycles. The number of anilines is 1. The van der Waals surface area contributed by atoms with E-state index in [1.165, 1.54) is 16.2 Å². The van der Waals surface area contributed by atoms with Crippen LogP contribution in [0.4, 0.5) is 15.0 Å². The van der Waals surface area contributed by atoms with Crippen LogP contribution in [-0.2, 0) is 0 Å². The van der Waals surface area contributed by atoms with Gasteiger partial charge in [-0.15, -0.1) is 10.2 Å². The van der Waals surface area contributed by atoms with E-state index in [-0.39, 0.29) is 34.9 Å². The lowest BCUT2D eigenvalue weighted by Crippen LogP contribution is -2.60. The minimum Gasteiger partial charge on any atom is -0.321 e. The molecule has 16 heteroatoms. The first-order chi connectivity index (χ1) is 16.8. The first kappa shape index (κ1) is 26.7. The number of rotatable bonds is 6. The quantitative estimate of drug-likeness (QED) is 0.358. The monoisotopic (exact) mass is 501 g/mol. The van der Waals surface area contributed by atoms with Gasteiger partial charge in [-0.2, -0.15) is 0 Å². The number of alkyl halides is 1. The Hall–Kier alpha value is -2.33. The normalized spacial score (nSPS) is 19.0. The number of aromatic nitrogens is 4. The zero-order valence-electron chi connectivity index (χ0n) is 22.1. The molecule has 1 fully saturated rings. The van der Waals surface area contributed by atoms with E-state index >= 15 is 4.39 Å². The highest BCUT2D eigenvalue weighted by atomic mass is 32.1. The number of hydrogen-bond donors (Lipinski definition) is 2. The smallest absolute Gasteiger partial charge is 0.321 e. The minimum absolute atomic E-state index is 0.0168. The van der Waals surface area contributed by atoms with Crippen LogP contribution in [0.2, 0.25) is 10.2 Å². The zero-order valence-corrected chi connectivity index (χ0v) is 22.9. The Kier molecular flexibility index (Phi) is 7.57. The van der Waals surface area contributed by atoms with Crippen molar-refractivity contribution in [3.63, 3.8) is 0 Å². The van der Waals surface area contributed by atoms with Gasteiger partial charge < -0.3 is 10.2 Å². The molecule has 3 aromatic rings. The molecule has 0 aromatic carbocycles. The number of likely N-dealkylation sites (tertiary alicyclic amines) is 1. The maximum atomic E-state index is 15.2. The number of halogens is 1. The zero-order chi connectivity index (χ0) is 26.3. The van der Waals surface area contributed by atoms with Crippen molar-refractivity contribution in [2.75, 3.05) is 18.4 Å². The van der Waals surface area contributed by atoms with E-state index in [9.17, 15) is 4.79 Å². The van der Waals surface area contributed by atoms with Crippen LogP contribution in [0, 0.1) is 6.92 Å². The van der Waals surface area contributed by atoms with E-state index < -0.39 is 6.17 Å². The van der Waals surface area contributed by atoms with Gasteiger partial charge in [0, 0.05) is 30.2 Å². The summed E-state index contributed by atoms with van der Waals surface area (Å²) < 4.78 is 15.2. The largest absolute Gasteiger partial charge is 0.323 e. The summed E-state index contributed by atoms with van der Waals surface area (Å²) in [5.74, 6) is 0.377. The average Bonchev–Trinajstić information content (AvgIpc) is 3.22. The number of hydrogen-bond acceptors (Lipinski definition) is 7. The summed E-state index contributed by atoms with van der Waals surface area (Å²) in [6, 6.07) is 5.01. The topological polar surface area (TPSA) is 95.9 Å². The van der Waals surface area contributed by atoms with E-state index in [0.717, 1.165) is 21.1 Å². The van der Waals surface area contributed by atoms with Crippen LogP contribution >= 0.6 is 11.3 Å². The van der Waals surface area contributed by atoms with Crippen LogP contribution in [0.1, 0.15) is 11.4 Å². The van der Waals surface area contributed by atoms with E-state index in [0.29, 0.717) is 24.3 Å². The van der Waals surface area contributed by atoms with Gasteiger partial charge in [-0.25, -0.2) is 19.2 Å². The summed E-state index contributed by atoms with van der Waals surface area (Å²) in [6.45, 7) is 2.41. The summed E-state index contributed by atoms with van der Waals surface area (Å²) >= 11 is 1.47. The number of nitrogens with zero attached hydrogens (tertiary/aromatic N) is 5. The molecule has 2 atom stereocenters. The first-order valence-corrected chi connectivity index (χ1v) is 13.2. The van der Waals surface area contributed by atoms with Crippen molar-refractivity contribution in [1.82, 2.24) is 30.4 Å². The number of fused-ring (bicyclic) bond motifs is 1. The van der Waals surface area contributed by atoms with Gasteiger partial charge in [-0.05, 0) is 31.5 Å². The average molecular weight is 500 g/mol. The molecule has 4 heterocycles. The number of aryl methyl sites for hydroxylation is 1. The molecule has 0 bridgehead atoms.